The van der Waals surface area contributed by atoms with Crippen molar-refractivity contribution in [1.82, 2.24) is 15.1 Å². The number of halogens is 3. The number of nitrogens with zero attached hydrogens (tertiary/aromatic N) is 2. The Morgan fingerprint density at radius 1 is 1.25 bits per heavy atom. The number of furan rings is 1. The first kappa shape index (κ1) is 18.3. The highest BCUT2D eigenvalue weighted by atomic mass is 19.4. The van der Waals surface area contributed by atoms with Gasteiger partial charge >= 0.3 is 6.18 Å². The Morgan fingerprint density at radius 2 is 2.04 bits per heavy atom. The van der Waals surface area contributed by atoms with E-state index in [1.54, 1.807) is 18.3 Å². The Kier molecular flexibility index (Phi) is 4.68. The van der Waals surface area contributed by atoms with Crippen molar-refractivity contribution in [2.24, 2.45) is 0 Å². The predicted octanol–water partition coefficient (Wildman–Crippen LogP) is 3.41. The first-order valence-corrected chi connectivity index (χ1v) is 8.56. The number of ether oxygens (including phenoxy) is 1. The molecule has 2 aromatic heterocycles. The molecule has 1 N–H and O–H groups in total. The number of aromatic nitrogens is 2. The molecule has 0 unspecified atom stereocenters. The molecule has 1 aliphatic rings. The molecule has 1 atom stereocenters. The van der Waals surface area contributed by atoms with E-state index in [-0.39, 0.29) is 25.5 Å². The third kappa shape index (κ3) is 3.65. The zero-order valence-electron chi connectivity index (χ0n) is 14.6. The molecule has 0 saturated carbocycles. The summed E-state index contributed by atoms with van der Waals surface area (Å²) in [6, 6.07) is 7.76. The number of nitrogens with one attached hydrogen (secondary N) is 1. The third-order valence-corrected chi connectivity index (χ3v) is 4.49. The van der Waals surface area contributed by atoms with Crippen LogP contribution in [0.2, 0.25) is 0 Å². The predicted molar refractivity (Wildman–Crippen MR) is 91.5 cm³/mol. The lowest BCUT2D eigenvalue weighted by atomic mass is 10.1. The maximum Gasteiger partial charge on any atom is 0.416 e. The number of alkyl halides is 3. The second-order valence-corrected chi connectivity index (χ2v) is 6.39. The monoisotopic (exact) mass is 391 g/mol. The fourth-order valence-electron chi connectivity index (χ4n) is 3.14. The molecule has 1 aromatic carbocycles. The number of benzene rings is 1. The Balaban J connectivity index is 1.53. The summed E-state index contributed by atoms with van der Waals surface area (Å²) in [5, 5.41) is 7.16. The van der Waals surface area contributed by atoms with Gasteiger partial charge in [-0.05, 0) is 36.4 Å². The van der Waals surface area contributed by atoms with Crippen LogP contribution in [0, 0.1) is 0 Å². The van der Waals surface area contributed by atoms with Gasteiger partial charge in [-0.15, -0.1) is 0 Å². The first-order valence-electron chi connectivity index (χ1n) is 8.56. The van der Waals surface area contributed by atoms with Gasteiger partial charge in [-0.1, -0.05) is 0 Å². The molecular formula is C19H16F3N3O3. The molecule has 0 aliphatic carbocycles. The van der Waals surface area contributed by atoms with E-state index in [0.717, 1.165) is 17.7 Å². The molecule has 0 fully saturated rings. The van der Waals surface area contributed by atoms with Crippen molar-refractivity contribution in [3.8, 4) is 5.69 Å². The van der Waals surface area contributed by atoms with Crippen LogP contribution in [0.25, 0.3) is 5.69 Å². The van der Waals surface area contributed by atoms with Crippen molar-refractivity contribution in [2.45, 2.75) is 25.2 Å². The van der Waals surface area contributed by atoms with Crippen LogP contribution < -0.4 is 5.32 Å². The van der Waals surface area contributed by atoms with E-state index in [9.17, 15) is 18.0 Å². The van der Waals surface area contributed by atoms with E-state index >= 15 is 0 Å². The van der Waals surface area contributed by atoms with Gasteiger partial charge < -0.3 is 14.5 Å². The minimum atomic E-state index is -4.39. The largest absolute Gasteiger partial charge is 0.469 e. The van der Waals surface area contributed by atoms with E-state index in [1.807, 2.05) is 0 Å². The first-order chi connectivity index (χ1) is 13.4. The van der Waals surface area contributed by atoms with Gasteiger partial charge in [0.15, 0.2) is 0 Å². The number of amides is 1. The normalized spacial score (nSPS) is 16.6. The van der Waals surface area contributed by atoms with Gasteiger partial charge in [-0.25, -0.2) is 4.68 Å². The zero-order valence-corrected chi connectivity index (χ0v) is 14.6. The Labute approximate surface area is 157 Å². The molecule has 0 saturated heterocycles. The van der Waals surface area contributed by atoms with Crippen LogP contribution in [0.15, 0.2) is 53.3 Å². The quantitative estimate of drug-likeness (QED) is 0.740. The summed E-state index contributed by atoms with van der Waals surface area (Å²) in [6.07, 6.45) is -1.19. The smallest absolute Gasteiger partial charge is 0.416 e. The van der Waals surface area contributed by atoms with Gasteiger partial charge in [0.05, 0.1) is 55.1 Å². The van der Waals surface area contributed by atoms with E-state index in [1.165, 1.54) is 23.1 Å². The van der Waals surface area contributed by atoms with Crippen LogP contribution in [-0.2, 0) is 28.7 Å². The van der Waals surface area contributed by atoms with Crippen LogP contribution in [-0.4, -0.2) is 22.3 Å². The summed E-state index contributed by atoms with van der Waals surface area (Å²) in [5.41, 5.74) is 1.23. The average molecular weight is 391 g/mol. The Hall–Kier alpha value is -3.07. The molecule has 3 heterocycles. The standard InChI is InChI=1S/C19H16F3N3O3/c20-19(21,22)12-3-5-13(6-4-12)25-17-11-27-10-16(15(17)9-23-25)24-18(26)8-14-2-1-7-28-14/h1-7,9,16H,8,10-11H2,(H,24,26)/t16-/m0/s1. The molecule has 4 rings (SSSR count). The molecule has 6 nitrogen and oxygen atoms in total. The molecule has 3 aromatic rings. The molecule has 9 heteroatoms. The number of rotatable bonds is 4. The van der Waals surface area contributed by atoms with Crippen LogP contribution in [0.5, 0.6) is 0 Å². The Morgan fingerprint density at radius 3 is 2.71 bits per heavy atom. The lowest BCUT2D eigenvalue weighted by Crippen LogP contribution is -2.35. The maximum atomic E-state index is 12.8. The molecule has 0 bridgehead atoms. The number of carbonyl (C=O) groups excluding carboxylic acids is 1. The highest BCUT2D eigenvalue weighted by Crippen LogP contribution is 2.31. The van der Waals surface area contributed by atoms with E-state index in [0.29, 0.717) is 17.1 Å². The van der Waals surface area contributed by atoms with Crippen molar-refractivity contribution >= 4 is 5.91 Å². The number of hydrogen-bond acceptors (Lipinski definition) is 4. The number of hydrogen-bond donors (Lipinski definition) is 1. The van der Waals surface area contributed by atoms with Crippen molar-refractivity contribution in [3.05, 3.63) is 71.4 Å². The summed E-state index contributed by atoms with van der Waals surface area (Å²) < 4.78 is 50.5. The highest BCUT2D eigenvalue weighted by molar-refractivity contribution is 5.78. The van der Waals surface area contributed by atoms with Crippen LogP contribution in [0.1, 0.15) is 28.6 Å². The summed E-state index contributed by atoms with van der Waals surface area (Å²) in [4.78, 5) is 12.2. The summed E-state index contributed by atoms with van der Waals surface area (Å²) >= 11 is 0. The van der Waals surface area contributed by atoms with Gasteiger partial charge in [-0.3, -0.25) is 4.79 Å². The second kappa shape index (κ2) is 7.16. The van der Waals surface area contributed by atoms with Crippen molar-refractivity contribution in [1.29, 1.82) is 0 Å². The minimum Gasteiger partial charge on any atom is -0.469 e. The van der Waals surface area contributed by atoms with Gasteiger partial charge in [0.25, 0.3) is 0 Å². The second-order valence-electron chi connectivity index (χ2n) is 6.39. The molecule has 0 radical (unpaired) electrons. The summed E-state index contributed by atoms with van der Waals surface area (Å²) in [6.45, 7) is 0.538. The number of carbonyl (C=O) groups is 1. The third-order valence-electron chi connectivity index (χ3n) is 4.49. The molecule has 1 aliphatic heterocycles. The van der Waals surface area contributed by atoms with Gasteiger partial charge in [0.2, 0.25) is 5.91 Å². The lowest BCUT2D eigenvalue weighted by Gasteiger charge is -2.24. The molecule has 1 amide bonds. The Bertz CT molecular complexity index is 963. The average Bonchev–Trinajstić information content (AvgIpc) is 3.31. The minimum absolute atomic E-state index is 0.103. The topological polar surface area (TPSA) is 69.3 Å². The summed E-state index contributed by atoms with van der Waals surface area (Å²) in [5.74, 6) is 0.327. The summed E-state index contributed by atoms with van der Waals surface area (Å²) in [7, 11) is 0. The number of fused-ring (bicyclic) bond motifs is 1. The van der Waals surface area contributed by atoms with E-state index < -0.39 is 17.8 Å². The fraction of sp³-hybridized carbons (Fsp3) is 0.263. The van der Waals surface area contributed by atoms with Gasteiger partial charge in [-0.2, -0.15) is 18.3 Å². The SMILES string of the molecule is O=C(Cc1ccco1)N[C@H]1COCc2c1cnn2-c1ccc(C(F)(F)F)cc1. The lowest BCUT2D eigenvalue weighted by molar-refractivity contribution is -0.137. The maximum absolute atomic E-state index is 12.8. The van der Waals surface area contributed by atoms with E-state index in [2.05, 4.69) is 10.4 Å². The fourth-order valence-corrected chi connectivity index (χ4v) is 3.14. The molecule has 0 spiro atoms. The van der Waals surface area contributed by atoms with Crippen molar-refractivity contribution in [2.75, 3.05) is 6.61 Å². The van der Waals surface area contributed by atoms with Crippen LogP contribution in [0.3, 0.4) is 0 Å². The molecule has 146 valence electrons. The van der Waals surface area contributed by atoms with Crippen LogP contribution >= 0.6 is 0 Å². The van der Waals surface area contributed by atoms with Crippen LogP contribution in [0.4, 0.5) is 13.2 Å². The van der Waals surface area contributed by atoms with Crippen molar-refractivity contribution < 1.29 is 27.1 Å². The molecular weight excluding hydrogens is 375 g/mol. The van der Waals surface area contributed by atoms with Gasteiger partial charge in [0.1, 0.15) is 5.76 Å². The van der Waals surface area contributed by atoms with Crippen molar-refractivity contribution in [3.63, 3.8) is 0 Å². The highest BCUT2D eigenvalue weighted by Gasteiger charge is 2.31. The molecule has 28 heavy (non-hydrogen) atoms. The zero-order chi connectivity index (χ0) is 19.7. The van der Waals surface area contributed by atoms with Gasteiger partial charge in [0, 0.05) is 5.56 Å². The van der Waals surface area contributed by atoms with E-state index in [4.69, 9.17) is 9.15 Å².